The Kier molecular flexibility index (Phi) is 5.43. The van der Waals surface area contributed by atoms with E-state index < -0.39 is 11.5 Å². The van der Waals surface area contributed by atoms with Crippen molar-refractivity contribution in [2.45, 2.75) is 39.7 Å². The van der Waals surface area contributed by atoms with Gasteiger partial charge in [-0.3, -0.25) is 4.79 Å². The maximum absolute atomic E-state index is 12.1. The molecule has 0 saturated carbocycles. The van der Waals surface area contributed by atoms with Gasteiger partial charge in [-0.1, -0.05) is 11.6 Å². The van der Waals surface area contributed by atoms with E-state index in [1.807, 2.05) is 0 Å². The number of halogens is 1. The number of aliphatic imine (C=N–C) groups is 1. The minimum absolute atomic E-state index is 0.0286. The van der Waals surface area contributed by atoms with Crippen LogP contribution >= 0.6 is 11.6 Å². The molecule has 0 aromatic carbocycles. The number of ketones is 1. The van der Waals surface area contributed by atoms with Crippen molar-refractivity contribution in [3.63, 3.8) is 0 Å². The van der Waals surface area contributed by atoms with Gasteiger partial charge in [-0.05, 0) is 27.7 Å². The zero-order chi connectivity index (χ0) is 17.1. The van der Waals surface area contributed by atoms with E-state index in [-0.39, 0.29) is 40.6 Å². The smallest absolute Gasteiger partial charge is 0.367 e. The number of nitrogens with two attached hydrogens (primary N) is 2. The molecule has 0 radical (unpaired) electrons. The van der Waals surface area contributed by atoms with E-state index in [0.29, 0.717) is 0 Å². The summed E-state index contributed by atoms with van der Waals surface area (Å²) in [5.41, 5.74) is 10.2. The van der Waals surface area contributed by atoms with E-state index in [1.165, 1.54) is 6.92 Å². The first-order valence-corrected chi connectivity index (χ1v) is 6.76. The highest BCUT2D eigenvalue weighted by Crippen LogP contribution is 2.18. The van der Waals surface area contributed by atoms with E-state index in [1.54, 1.807) is 20.8 Å². The summed E-state index contributed by atoms with van der Waals surface area (Å²) >= 11 is 5.71. The number of nitrogen functional groups attached to an aromatic ring is 2. The van der Waals surface area contributed by atoms with Crippen LogP contribution in [0.5, 0.6) is 0 Å². The van der Waals surface area contributed by atoms with Gasteiger partial charge in [0.15, 0.2) is 22.5 Å². The van der Waals surface area contributed by atoms with Gasteiger partial charge in [0.2, 0.25) is 5.90 Å². The fraction of sp³-hybridized carbons (Fsp3) is 0.462. The number of Topliss-reactive ketones (excluding diaryl/α,β-unsaturated/α-hetero) is 1. The van der Waals surface area contributed by atoms with Crippen LogP contribution in [0.2, 0.25) is 5.15 Å². The number of carbonyl (C=O) groups is 2. The summed E-state index contributed by atoms with van der Waals surface area (Å²) in [6.45, 7) is 6.76. The van der Waals surface area contributed by atoms with Crippen LogP contribution in [0.3, 0.4) is 0 Å². The van der Waals surface area contributed by atoms with Crippen LogP contribution in [-0.4, -0.2) is 33.2 Å². The molecule has 0 amide bonds. The highest BCUT2D eigenvalue weighted by molar-refractivity contribution is 6.31. The first-order valence-electron chi connectivity index (χ1n) is 6.38. The van der Waals surface area contributed by atoms with Crippen molar-refractivity contribution in [3.8, 4) is 0 Å². The van der Waals surface area contributed by atoms with Crippen molar-refractivity contribution in [2.75, 3.05) is 11.5 Å². The number of esters is 1. The highest BCUT2D eigenvalue weighted by Gasteiger charge is 2.21. The summed E-state index contributed by atoms with van der Waals surface area (Å²) in [6, 6.07) is 0. The van der Waals surface area contributed by atoms with Crippen molar-refractivity contribution in [3.05, 3.63) is 10.8 Å². The number of nitrogens with zero attached hydrogens (tertiary/aromatic N) is 3. The minimum Gasteiger partial charge on any atom is -0.407 e. The molecule has 0 unspecified atom stereocenters. The van der Waals surface area contributed by atoms with E-state index in [4.69, 9.17) is 27.8 Å². The summed E-state index contributed by atoms with van der Waals surface area (Å²) in [7, 11) is 0. The van der Waals surface area contributed by atoms with Gasteiger partial charge < -0.3 is 16.2 Å². The number of hydrogen-bond acceptors (Lipinski definition) is 8. The Morgan fingerprint density at radius 2 is 1.82 bits per heavy atom. The SMILES string of the molecule is CC(=O)CC(=NC(C)(C)C)OC(=O)c1nc(Cl)c(N)nc1N. The Labute approximate surface area is 132 Å². The number of ether oxygens (including phenoxy) is 1. The Bertz CT molecular complexity index is 637. The third-order valence-corrected chi connectivity index (χ3v) is 2.45. The topological polar surface area (TPSA) is 134 Å². The van der Waals surface area contributed by atoms with E-state index in [0.717, 1.165) is 0 Å². The van der Waals surface area contributed by atoms with Crippen molar-refractivity contribution >= 4 is 40.9 Å². The first-order chi connectivity index (χ1) is 9.99. The molecule has 0 aliphatic heterocycles. The summed E-state index contributed by atoms with van der Waals surface area (Å²) in [5.74, 6) is -1.45. The monoisotopic (exact) mass is 327 g/mol. The largest absolute Gasteiger partial charge is 0.407 e. The molecule has 9 heteroatoms. The van der Waals surface area contributed by atoms with Gasteiger partial charge in [0.25, 0.3) is 0 Å². The zero-order valence-electron chi connectivity index (χ0n) is 12.8. The molecule has 1 heterocycles. The molecule has 8 nitrogen and oxygen atoms in total. The number of carbonyl (C=O) groups excluding carboxylic acids is 2. The normalized spacial score (nSPS) is 12.1. The molecule has 120 valence electrons. The van der Waals surface area contributed by atoms with E-state index in [9.17, 15) is 9.59 Å². The molecule has 0 bridgehead atoms. The minimum atomic E-state index is -0.906. The third-order valence-electron chi connectivity index (χ3n) is 2.17. The molecule has 0 saturated heterocycles. The molecule has 4 N–H and O–H groups in total. The Balaban J connectivity index is 3.09. The number of aromatic nitrogens is 2. The van der Waals surface area contributed by atoms with E-state index in [2.05, 4.69) is 15.0 Å². The fourth-order valence-electron chi connectivity index (χ4n) is 1.43. The van der Waals surface area contributed by atoms with Gasteiger partial charge in [-0.25, -0.2) is 19.8 Å². The molecule has 0 aliphatic rings. The Morgan fingerprint density at radius 1 is 1.23 bits per heavy atom. The van der Waals surface area contributed by atoms with Crippen molar-refractivity contribution < 1.29 is 14.3 Å². The second-order valence-corrected chi connectivity index (χ2v) is 5.94. The molecule has 0 atom stereocenters. The van der Waals surface area contributed by atoms with Crippen molar-refractivity contribution in [1.29, 1.82) is 0 Å². The maximum atomic E-state index is 12.1. The Hall–Kier alpha value is -2.22. The molecule has 1 rings (SSSR count). The summed E-state index contributed by atoms with van der Waals surface area (Å²) in [4.78, 5) is 35.0. The third kappa shape index (κ3) is 5.28. The van der Waals surface area contributed by atoms with Gasteiger partial charge in [0.05, 0.1) is 12.0 Å². The number of hydrogen-bond donors (Lipinski definition) is 2. The van der Waals surface area contributed by atoms with Crippen LogP contribution in [0.1, 0.15) is 44.6 Å². The zero-order valence-corrected chi connectivity index (χ0v) is 13.6. The average molecular weight is 328 g/mol. The van der Waals surface area contributed by atoms with Crippen LogP contribution in [0, 0.1) is 0 Å². The van der Waals surface area contributed by atoms with Gasteiger partial charge in [0, 0.05) is 0 Å². The molecule has 22 heavy (non-hydrogen) atoms. The number of anilines is 2. The second-order valence-electron chi connectivity index (χ2n) is 5.58. The molecular weight excluding hydrogens is 310 g/mol. The van der Waals surface area contributed by atoms with E-state index >= 15 is 0 Å². The quantitative estimate of drug-likeness (QED) is 0.489. The summed E-state index contributed by atoms with van der Waals surface area (Å²) in [6.07, 6.45) is -0.126. The van der Waals surface area contributed by atoms with Crippen molar-refractivity contribution in [1.82, 2.24) is 9.97 Å². The standard InChI is InChI=1S/C13H18ClN5O3/c1-6(20)5-7(19-13(2,3)4)22-12(21)8-10(15)18-11(16)9(14)17-8/h5H2,1-4H3,(H4,15,16,18). The molecule has 1 aromatic rings. The molecule has 1 aromatic heterocycles. The number of rotatable bonds is 3. The molecule has 0 spiro atoms. The fourth-order valence-corrected chi connectivity index (χ4v) is 1.56. The Morgan fingerprint density at radius 3 is 2.32 bits per heavy atom. The highest BCUT2D eigenvalue weighted by atomic mass is 35.5. The lowest BCUT2D eigenvalue weighted by Gasteiger charge is -2.15. The predicted molar refractivity (Wildman–Crippen MR) is 83.8 cm³/mol. The van der Waals surface area contributed by atoms with Crippen LogP contribution in [0.15, 0.2) is 4.99 Å². The summed E-state index contributed by atoms with van der Waals surface area (Å²) < 4.78 is 5.11. The van der Waals surface area contributed by atoms with Gasteiger partial charge in [-0.2, -0.15) is 0 Å². The molecule has 0 aliphatic carbocycles. The van der Waals surface area contributed by atoms with Gasteiger partial charge in [-0.15, -0.1) is 0 Å². The first kappa shape index (κ1) is 17.8. The lowest BCUT2D eigenvalue weighted by molar-refractivity contribution is -0.116. The lowest BCUT2D eigenvalue weighted by Crippen LogP contribution is -2.22. The second kappa shape index (κ2) is 6.69. The van der Waals surface area contributed by atoms with Crippen LogP contribution < -0.4 is 11.5 Å². The van der Waals surface area contributed by atoms with Gasteiger partial charge in [0.1, 0.15) is 5.78 Å². The predicted octanol–water partition coefficient (Wildman–Crippen LogP) is 1.63. The van der Waals surface area contributed by atoms with Crippen molar-refractivity contribution in [2.24, 2.45) is 4.99 Å². The lowest BCUT2D eigenvalue weighted by atomic mass is 10.1. The van der Waals surface area contributed by atoms with Crippen LogP contribution in [-0.2, 0) is 9.53 Å². The van der Waals surface area contributed by atoms with Gasteiger partial charge >= 0.3 is 5.97 Å². The van der Waals surface area contributed by atoms with Crippen LogP contribution in [0.4, 0.5) is 11.6 Å². The summed E-state index contributed by atoms with van der Waals surface area (Å²) in [5, 5.41) is -0.165. The average Bonchev–Trinajstić information content (AvgIpc) is 2.30. The maximum Gasteiger partial charge on any atom is 0.367 e. The molecular formula is C13H18ClN5O3. The molecule has 0 fully saturated rings. The van der Waals surface area contributed by atoms with Crippen LogP contribution in [0.25, 0.3) is 0 Å².